The molecule has 0 aromatic carbocycles. The van der Waals surface area contributed by atoms with Crippen LogP contribution in [0, 0.1) is 0 Å². The average molecular weight is 263 g/mol. The maximum Gasteiger partial charge on any atom is 0.417 e. The van der Waals surface area contributed by atoms with Gasteiger partial charge in [-0.3, -0.25) is 4.98 Å². The molecule has 0 aliphatic rings. The summed E-state index contributed by atoms with van der Waals surface area (Å²) in [6, 6.07) is 6.42. The molecule has 19 heavy (non-hydrogen) atoms. The molecule has 0 unspecified atom stereocenters. The topological polar surface area (TPSA) is 41.6 Å². The van der Waals surface area contributed by atoms with Gasteiger partial charge in [-0.25, -0.2) is 4.98 Å². The van der Waals surface area contributed by atoms with Gasteiger partial charge in [-0.1, -0.05) is 0 Å². The molecule has 1 N–H and O–H groups in total. The van der Waals surface area contributed by atoms with Crippen molar-refractivity contribution in [3.8, 4) is 11.3 Å². The molecule has 0 saturated heterocycles. The van der Waals surface area contributed by atoms with E-state index in [0.717, 1.165) is 17.6 Å². The number of nitrogens with zero attached hydrogens (tertiary/aromatic N) is 2. The van der Waals surface area contributed by atoms with Crippen LogP contribution in [0.5, 0.6) is 0 Å². The molecule has 3 aromatic rings. The normalized spacial score (nSPS) is 11.9. The fourth-order valence-corrected chi connectivity index (χ4v) is 1.86. The fourth-order valence-electron chi connectivity index (χ4n) is 1.86. The van der Waals surface area contributed by atoms with E-state index in [0.29, 0.717) is 16.9 Å². The Hall–Kier alpha value is -2.37. The molecule has 0 atom stereocenters. The molecule has 3 nitrogen and oxygen atoms in total. The zero-order chi connectivity index (χ0) is 13.5. The Morgan fingerprint density at radius 1 is 1.11 bits per heavy atom. The number of nitrogens with one attached hydrogen (secondary N) is 1. The summed E-state index contributed by atoms with van der Waals surface area (Å²) in [6.45, 7) is 0. The smallest absolute Gasteiger partial charge is 0.339 e. The number of hydrogen-bond donors (Lipinski definition) is 1. The van der Waals surface area contributed by atoms with Crippen LogP contribution in [0.25, 0.3) is 22.3 Å². The van der Waals surface area contributed by atoms with Crippen molar-refractivity contribution in [3.05, 3.63) is 48.4 Å². The number of pyridine rings is 2. The number of alkyl halides is 3. The molecule has 0 fully saturated rings. The highest BCUT2D eigenvalue weighted by molar-refractivity contribution is 5.82. The van der Waals surface area contributed by atoms with Crippen LogP contribution in [-0.4, -0.2) is 15.0 Å². The van der Waals surface area contributed by atoms with Crippen molar-refractivity contribution in [3.63, 3.8) is 0 Å². The van der Waals surface area contributed by atoms with Gasteiger partial charge in [-0.05, 0) is 24.3 Å². The second kappa shape index (κ2) is 4.08. The van der Waals surface area contributed by atoms with Crippen molar-refractivity contribution in [2.75, 3.05) is 0 Å². The first kappa shape index (κ1) is 11.7. The zero-order valence-electron chi connectivity index (χ0n) is 9.57. The number of H-pyrrole nitrogens is 1. The Morgan fingerprint density at radius 2 is 1.95 bits per heavy atom. The van der Waals surface area contributed by atoms with Gasteiger partial charge in [0, 0.05) is 35.2 Å². The standard InChI is InChI=1S/C13H8F3N3/c14-13(15,16)10-4-9(6-17-7-10)11-5-8-2-1-3-18-12(8)19-11/h1-7H,(H,18,19). The first-order valence-electron chi connectivity index (χ1n) is 5.50. The minimum absolute atomic E-state index is 0.382. The first-order valence-corrected chi connectivity index (χ1v) is 5.50. The number of fused-ring (bicyclic) bond motifs is 1. The molecular weight excluding hydrogens is 255 g/mol. The molecule has 3 rings (SSSR count). The Kier molecular flexibility index (Phi) is 2.51. The SMILES string of the molecule is FC(F)(F)c1cncc(-c2cc3cccnc3[nH]2)c1. The van der Waals surface area contributed by atoms with E-state index in [1.807, 2.05) is 6.07 Å². The summed E-state index contributed by atoms with van der Waals surface area (Å²) >= 11 is 0. The highest BCUT2D eigenvalue weighted by Gasteiger charge is 2.31. The summed E-state index contributed by atoms with van der Waals surface area (Å²) in [5, 5.41) is 0.843. The monoisotopic (exact) mass is 263 g/mol. The number of aromatic nitrogens is 3. The lowest BCUT2D eigenvalue weighted by Crippen LogP contribution is -2.05. The van der Waals surface area contributed by atoms with Gasteiger partial charge in [0.15, 0.2) is 0 Å². The Morgan fingerprint density at radius 3 is 2.68 bits per heavy atom. The summed E-state index contributed by atoms with van der Waals surface area (Å²) in [7, 11) is 0. The summed E-state index contributed by atoms with van der Waals surface area (Å²) in [4.78, 5) is 10.7. The van der Waals surface area contributed by atoms with Crippen LogP contribution in [0.4, 0.5) is 13.2 Å². The van der Waals surface area contributed by atoms with Gasteiger partial charge in [0.05, 0.1) is 5.56 Å². The number of halogens is 3. The molecule has 0 bridgehead atoms. The minimum Gasteiger partial charge on any atom is -0.339 e. The van der Waals surface area contributed by atoms with Gasteiger partial charge in [0.1, 0.15) is 5.65 Å². The number of rotatable bonds is 1. The molecule has 0 aliphatic carbocycles. The maximum absolute atomic E-state index is 12.6. The van der Waals surface area contributed by atoms with E-state index in [9.17, 15) is 13.2 Å². The molecular formula is C13H8F3N3. The van der Waals surface area contributed by atoms with Crippen LogP contribution in [0.1, 0.15) is 5.56 Å². The van der Waals surface area contributed by atoms with Crippen LogP contribution < -0.4 is 0 Å². The highest BCUT2D eigenvalue weighted by atomic mass is 19.4. The molecule has 0 aliphatic heterocycles. The summed E-state index contributed by atoms with van der Waals surface area (Å²) in [6.07, 6.45) is -0.579. The molecule has 3 aromatic heterocycles. The maximum atomic E-state index is 12.6. The summed E-state index contributed by atoms with van der Waals surface area (Å²) in [5.41, 5.74) is 0.812. The minimum atomic E-state index is -4.40. The molecule has 96 valence electrons. The summed E-state index contributed by atoms with van der Waals surface area (Å²) < 4.78 is 37.9. The van der Waals surface area contributed by atoms with E-state index in [-0.39, 0.29) is 0 Å². The Labute approximate surface area is 106 Å². The van der Waals surface area contributed by atoms with Crippen LogP contribution >= 0.6 is 0 Å². The first-order chi connectivity index (χ1) is 9.04. The fraction of sp³-hybridized carbons (Fsp3) is 0.0769. The predicted molar refractivity (Wildman–Crippen MR) is 64.3 cm³/mol. The van der Waals surface area contributed by atoms with E-state index in [1.165, 1.54) is 6.20 Å². The largest absolute Gasteiger partial charge is 0.417 e. The lowest BCUT2D eigenvalue weighted by molar-refractivity contribution is -0.137. The van der Waals surface area contributed by atoms with Crippen molar-refractivity contribution in [1.82, 2.24) is 15.0 Å². The van der Waals surface area contributed by atoms with Crippen molar-refractivity contribution in [2.45, 2.75) is 6.18 Å². The van der Waals surface area contributed by atoms with Crippen molar-refractivity contribution in [2.24, 2.45) is 0 Å². The predicted octanol–water partition coefficient (Wildman–Crippen LogP) is 3.64. The number of aromatic amines is 1. The van der Waals surface area contributed by atoms with Gasteiger partial charge in [-0.15, -0.1) is 0 Å². The third kappa shape index (κ3) is 2.16. The van der Waals surface area contributed by atoms with Crippen molar-refractivity contribution >= 4 is 11.0 Å². The Bertz CT molecular complexity index is 698. The molecule has 0 saturated carbocycles. The van der Waals surface area contributed by atoms with E-state index in [2.05, 4.69) is 15.0 Å². The van der Waals surface area contributed by atoms with E-state index < -0.39 is 11.7 Å². The zero-order valence-corrected chi connectivity index (χ0v) is 9.57. The van der Waals surface area contributed by atoms with Crippen molar-refractivity contribution in [1.29, 1.82) is 0 Å². The molecule has 0 amide bonds. The van der Waals surface area contributed by atoms with Crippen LogP contribution in [0.2, 0.25) is 0 Å². The van der Waals surface area contributed by atoms with Crippen molar-refractivity contribution < 1.29 is 13.2 Å². The lowest BCUT2D eigenvalue weighted by Gasteiger charge is -2.06. The third-order valence-corrected chi connectivity index (χ3v) is 2.77. The van der Waals surface area contributed by atoms with Gasteiger partial charge in [0.25, 0.3) is 0 Å². The quantitative estimate of drug-likeness (QED) is 0.728. The van der Waals surface area contributed by atoms with Crippen LogP contribution in [0.15, 0.2) is 42.9 Å². The number of hydrogen-bond acceptors (Lipinski definition) is 2. The summed E-state index contributed by atoms with van der Waals surface area (Å²) in [5.74, 6) is 0. The molecule has 0 spiro atoms. The van der Waals surface area contributed by atoms with Gasteiger partial charge in [-0.2, -0.15) is 13.2 Å². The van der Waals surface area contributed by atoms with Gasteiger partial charge >= 0.3 is 6.18 Å². The molecule has 0 radical (unpaired) electrons. The Balaban J connectivity index is 2.11. The van der Waals surface area contributed by atoms with E-state index >= 15 is 0 Å². The van der Waals surface area contributed by atoms with Crippen LogP contribution in [-0.2, 0) is 6.18 Å². The highest BCUT2D eigenvalue weighted by Crippen LogP contribution is 2.31. The molecule has 6 heteroatoms. The third-order valence-electron chi connectivity index (χ3n) is 2.77. The second-order valence-corrected chi connectivity index (χ2v) is 4.08. The van der Waals surface area contributed by atoms with Crippen LogP contribution in [0.3, 0.4) is 0 Å². The van der Waals surface area contributed by atoms with Gasteiger partial charge in [0.2, 0.25) is 0 Å². The molecule has 3 heterocycles. The second-order valence-electron chi connectivity index (χ2n) is 4.08. The lowest BCUT2D eigenvalue weighted by atomic mass is 10.1. The van der Waals surface area contributed by atoms with E-state index in [1.54, 1.807) is 18.3 Å². The van der Waals surface area contributed by atoms with E-state index in [4.69, 9.17) is 0 Å². The van der Waals surface area contributed by atoms with Gasteiger partial charge < -0.3 is 4.98 Å². The average Bonchev–Trinajstić information content (AvgIpc) is 2.81.